The Morgan fingerprint density at radius 1 is 1.24 bits per heavy atom. The minimum Gasteiger partial charge on any atom is -0.392 e. The van der Waals surface area contributed by atoms with Crippen LogP contribution >= 0.6 is 0 Å². The lowest BCUT2D eigenvalue weighted by Gasteiger charge is -2.19. The second-order valence-electron chi connectivity index (χ2n) is 6.26. The van der Waals surface area contributed by atoms with Crippen molar-refractivity contribution < 1.29 is 9.90 Å². The smallest absolute Gasteiger partial charge is 0.159 e. The Morgan fingerprint density at radius 2 is 1.90 bits per heavy atom. The van der Waals surface area contributed by atoms with Crippen molar-refractivity contribution in [2.24, 2.45) is 5.41 Å². The van der Waals surface area contributed by atoms with Gasteiger partial charge in [0.2, 0.25) is 0 Å². The minimum atomic E-state index is -0.0613. The van der Waals surface area contributed by atoms with Crippen molar-refractivity contribution >= 4 is 5.78 Å². The molecular formula is C19H26O2. The quantitative estimate of drug-likeness (QED) is 0.765. The van der Waals surface area contributed by atoms with Crippen molar-refractivity contribution in [2.45, 2.75) is 41.0 Å². The lowest BCUT2D eigenvalue weighted by Crippen LogP contribution is -2.09. The summed E-state index contributed by atoms with van der Waals surface area (Å²) in [7, 11) is 0. The van der Waals surface area contributed by atoms with Gasteiger partial charge in [0.05, 0.1) is 6.61 Å². The zero-order chi connectivity index (χ0) is 16.0. The Labute approximate surface area is 128 Å². The average Bonchev–Trinajstić information content (AvgIpc) is 2.56. The van der Waals surface area contributed by atoms with Crippen molar-refractivity contribution in [1.29, 1.82) is 0 Å². The molecule has 0 aromatic rings. The number of hydrogen-bond acceptors (Lipinski definition) is 2. The highest BCUT2D eigenvalue weighted by Crippen LogP contribution is 2.40. The number of rotatable bonds is 5. The van der Waals surface area contributed by atoms with Crippen LogP contribution in [0.1, 0.15) is 41.0 Å². The fourth-order valence-corrected chi connectivity index (χ4v) is 2.47. The molecule has 0 fully saturated rings. The SMILES string of the molecule is CC(C=CC1=C(C)C(=O)CC1(C)C)=CC=CC(C)=CCO. The Balaban J connectivity index is 2.81. The van der Waals surface area contributed by atoms with Crippen LogP contribution < -0.4 is 0 Å². The molecule has 0 atom stereocenters. The van der Waals surface area contributed by atoms with E-state index in [1.807, 2.05) is 39.0 Å². The molecule has 21 heavy (non-hydrogen) atoms. The van der Waals surface area contributed by atoms with E-state index in [0.717, 1.165) is 22.3 Å². The molecule has 1 rings (SSSR count). The molecule has 1 N–H and O–H groups in total. The molecule has 2 nitrogen and oxygen atoms in total. The number of aliphatic hydroxyl groups is 1. The minimum absolute atomic E-state index is 0.0613. The first-order valence-corrected chi connectivity index (χ1v) is 7.33. The van der Waals surface area contributed by atoms with Crippen molar-refractivity contribution in [3.05, 3.63) is 58.7 Å². The molecule has 0 aromatic heterocycles. The fourth-order valence-electron chi connectivity index (χ4n) is 2.47. The lowest BCUT2D eigenvalue weighted by atomic mass is 9.85. The molecule has 0 bridgehead atoms. The van der Waals surface area contributed by atoms with Gasteiger partial charge in [0, 0.05) is 6.42 Å². The zero-order valence-electron chi connectivity index (χ0n) is 13.7. The molecule has 1 aliphatic carbocycles. The fraction of sp³-hybridized carbons (Fsp3) is 0.421. The third-order valence-corrected chi connectivity index (χ3v) is 3.80. The van der Waals surface area contributed by atoms with E-state index in [2.05, 4.69) is 26.0 Å². The number of Topliss-reactive ketones (excluding diaryl/α,β-unsaturated/α-hetero) is 1. The van der Waals surface area contributed by atoms with E-state index in [1.165, 1.54) is 0 Å². The lowest BCUT2D eigenvalue weighted by molar-refractivity contribution is -0.115. The summed E-state index contributed by atoms with van der Waals surface area (Å²) in [5, 5.41) is 8.78. The Kier molecular flexibility index (Phi) is 6.10. The second kappa shape index (κ2) is 7.37. The van der Waals surface area contributed by atoms with Crippen molar-refractivity contribution in [1.82, 2.24) is 0 Å². The maximum Gasteiger partial charge on any atom is 0.159 e. The predicted octanol–water partition coefficient (Wildman–Crippen LogP) is 4.30. The summed E-state index contributed by atoms with van der Waals surface area (Å²) in [5.41, 5.74) is 4.13. The summed E-state index contributed by atoms with van der Waals surface area (Å²) in [6.07, 6.45) is 12.4. The first kappa shape index (κ1) is 17.4. The van der Waals surface area contributed by atoms with Gasteiger partial charge in [0.25, 0.3) is 0 Å². The van der Waals surface area contributed by atoms with Gasteiger partial charge in [-0.1, -0.05) is 61.4 Å². The Hall–Kier alpha value is -1.67. The average molecular weight is 286 g/mol. The molecule has 0 radical (unpaired) electrons. The van der Waals surface area contributed by atoms with Gasteiger partial charge in [0.15, 0.2) is 5.78 Å². The number of ketones is 1. The van der Waals surface area contributed by atoms with Crippen LogP contribution in [0.15, 0.2) is 58.7 Å². The number of aliphatic hydroxyl groups excluding tert-OH is 1. The van der Waals surface area contributed by atoms with Gasteiger partial charge in [-0.05, 0) is 37.3 Å². The third kappa shape index (κ3) is 4.98. The van der Waals surface area contributed by atoms with Gasteiger partial charge in [-0.2, -0.15) is 0 Å². The highest BCUT2D eigenvalue weighted by Gasteiger charge is 2.34. The first-order chi connectivity index (χ1) is 9.77. The van der Waals surface area contributed by atoms with Crippen LogP contribution in [0, 0.1) is 5.41 Å². The molecule has 0 amide bonds. The maximum absolute atomic E-state index is 11.8. The van der Waals surface area contributed by atoms with E-state index in [-0.39, 0.29) is 17.8 Å². The van der Waals surface area contributed by atoms with Gasteiger partial charge in [-0.3, -0.25) is 4.79 Å². The monoisotopic (exact) mass is 286 g/mol. The second-order valence-corrected chi connectivity index (χ2v) is 6.26. The Bertz CT molecular complexity index is 552. The third-order valence-electron chi connectivity index (χ3n) is 3.80. The van der Waals surface area contributed by atoms with E-state index in [0.29, 0.717) is 6.42 Å². The van der Waals surface area contributed by atoms with Gasteiger partial charge < -0.3 is 5.11 Å². The number of carbonyl (C=O) groups is 1. The van der Waals surface area contributed by atoms with E-state index in [9.17, 15) is 4.79 Å². The van der Waals surface area contributed by atoms with Crippen LogP contribution in [0.2, 0.25) is 0 Å². The number of hydrogen-bond donors (Lipinski definition) is 1. The highest BCUT2D eigenvalue weighted by molar-refractivity contribution is 5.99. The van der Waals surface area contributed by atoms with Crippen LogP contribution in [-0.2, 0) is 4.79 Å². The van der Waals surface area contributed by atoms with Crippen molar-refractivity contribution in [3.63, 3.8) is 0 Å². The van der Waals surface area contributed by atoms with Crippen LogP contribution in [0.25, 0.3) is 0 Å². The number of allylic oxidation sites excluding steroid dienone is 9. The molecule has 0 aliphatic heterocycles. The molecular weight excluding hydrogens is 260 g/mol. The molecule has 0 saturated carbocycles. The molecule has 0 spiro atoms. The summed E-state index contributed by atoms with van der Waals surface area (Å²) in [5.74, 6) is 0.256. The molecule has 2 heteroatoms. The van der Waals surface area contributed by atoms with E-state index < -0.39 is 0 Å². The standard InChI is InChI=1S/C19H26O2/c1-14(7-6-8-15(2)11-12-20)9-10-17-16(3)18(21)13-19(17,4)5/h6-11,20H,12-13H2,1-5H3. The van der Waals surface area contributed by atoms with E-state index in [4.69, 9.17) is 5.11 Å². The maximum atomic E-state index is 11.8. The van der Waals surface area contributed by atoms with Crippen molar-refractivity contribution in [3.8, 4) is 0 Å². The van der Waals surface area contributed by atoms with Crippen LogP contribution in [0.4, 0.5) is 0 Å². The van der Waals surface area contributed by atoms with Gasteiger partial charge in [-0.15, -0.1) is 0 Å². The molecule has 0 unspecified atom stereocenters. The summed E-state index contributed by atoms with van der Waals surface area (Å²) >= 11 is 0. The number of carbonyl (C=O) groups excluding carboxylic acids is 1. The van der Waals surface area contributed by atoms with Crippen LogP contribution in [-0.4, -0.2) is 17.5 Å². The van der Waals surface area contributed by atoms with Gasteiger partial charge >= 0.3 is 0 Å². The predicted molar refractivity (Wildman–Crippen MR) is 89.0 cm³/mol. The normalized spacial score (nSPS) is 20.4. The zero-order valence-corrected chi connectivity index (χ0v) is 13.7. The molecule has 0 saturated heterocycles. The summed E-state index contributed by atoms with van der Waals surface area (Å²) in [6.45, 7) is 10.2. The van der Waals surface area contributed by atoms with Gasteiger partial charge in [0.1, 0.15) is 0 Å². The van der Waals surface area contributed by atoms with E-state index in [1.54, 1.807) is 6.08 Å². The topological polar surface area (TPSA) is 37.3 Å². The largest absolute Gasteiger partial charge is 0.392 e. The van der Waals surface area contributed by atoms with Crippen molar-refractivity contribution in [2.75, 3.05) is 6.61 Å². The summed E-state index contributed by atoms with van der Waals surface area (Å²) < 4.78 is 0. The molecule has 1 aliphatic rings. The first-order valence-electron chi connectivity index (χ1n) is 7.33. The van der Waals surface area contributed by atoms with Gasteiger partial charge in [-0.25, -0.2) is 0 Å². The molecule has 0 aromatic carbocycles. The Morgan fingerprint density at radius 3 is 2.43 bits per heavy atom. The molecule has 114 valence electrons. The summed E-state index contributed by atoms with van der Waals surface area (Å²) in [6, 6.07) is 0. The van der Waals surface area contributed by atoms with E-state index >= 15 is 0 Å². The van der Waals surface area contributed by atoms with Crippen LogP contribution in [0.3, 0.4) is 0 Å². The highest BCUT2D eigenvalue weighted by atomic mass is 16.2. The molecule has 0 heterocycles. The summed E-state index contributed by atoms with van der Waals surface area (Å²) in [4.78, 5) is 11.8. The van der Waals surface area contributed by atoms with Crippen LogP contribution in [0.5, 0.6) is 0 Å².